The SMILES string of the molecule is COC(=O)c1csc(NCC2CN(C)CCN2C)n1. The molecule has 1 fully saturated rings. The lowest BCUT2D eigenvalue weighted by atomic mass is 10.2. The van der Waals surface area contributed by atoms with Crippen LogP contribution in [0.1, 0.15) is 10.5 Å². The van der Waals surface area contributed by atoms with Gasteiger partial charge >= 0.3 is 5.97 Å². The zero-order valence-corrected chi connectivity index (χ0v) is 12.4. The summed E-state index contributed by atoms with van der Waals surface area (Å²) in [5.41, 5.74) is 0.365. The van der Waals surface area contributed by atoms with E-state index in [1.807, 2.05) is 0 Å². The number of anilines is 1. The highest BCUT2D eigenvalue weighted by atomic mass is 32.1. The Morgan fingerprint density at radius 3 is 3.11 bits per heavy atom. The minimum atomic E-state index is -0.390. The number of methoxy groups -OCH3 is 1. The normalized spacial score (nSPS) is 21.3. The average Bonchev–Trinajstić information content (AvgIpc) is 2.88. The van der Waals surface area contributed by atoms with Gasteiger partial charge in [-0.15, -0.1) is 11.3 Å². The molecule has 1 unspecified atom stereocenters. The quantitative estimate of drug-likeness (QED) is 0.817. The summed E-state index contributed by atoms with van der Waals surface area (Å²) in [7, 11) is 5.64. The molecule has 2 heterocycles. The molecule has 0 aromatic carbocycles. The number of likely N-dealkylation sites (N-methyl/N-ethyl adjacent to an activating group) is 2. The van der Waals surface area contributed by atoms with E-state index in [1.54, 1.807) is 5.38 Å². The number of piperazine rings is 1. The number of carbonyl (C=O) groups excluding carboxylic acids is 1. The molecule has 2 rings (SSSR count). The predicted octanol–water partition coefficient (Wildman–Crippen LogP) is 0.587. The van der Waals surface area contributed by atoms with Crippen molar-refractivity contribution in [2.75, 3.05) is 52.7 Å². The van der Waals surface area contributed by atoms with E-state index in [-0.39, 0.29) is 5.97 Å². The molecule has 1 N–H and O–H groups in total. The van der Waals surface area contributed by atoms with Gasteiger partial charge in [-0.2, -0.15) is 0 Å². The molecule has 1 atom stereocenters. The average molecular weight is 284 g/mol. The molecule has 0 aliphatic carbocycles. The first kappa shape index (κ1) is 14.2. The van der Waals surface area contributed by atoms with Crippen molar-refractivity contribution < 1.29 is 9.53 Å². The smallest absolute Gasteiger partial charge is 0.357 e. The molecule has 19 heavy (non-hydrogen) atoms. The van der Waals surface area contributed by atoms with Crippen molar-refractivity contribution >= 4 is 22.4 Å². The third-order valence-corrected chi connectivity index (χ3v) is 4.17. The maximum Gasteiger partial charge on any atom is 0.357 e. The third-order valence-electron chi connectivity index (χ3n) is 3.37. The van der Waals surface area contributed by atoms with Crippen LogP contribution in [-0.2, 0) is 4.74 Å². The van der Waals surface area contributed by atoms with Crippen LogP contribution in [-0.4, -0.2) is 74.2 Å². The number of nitrogens with one attached hydrogen (secondary N) is 1. The van der Waals surface area contributed by atoms with Crippen LogP contribution in [0.3, 0.4) is 0 Å². The Balaban J connectivity index is 1.87. The summed E-state index contributed by atoms with van der Waals surface area (Å²) in [6.07, 6.45) is 0. The molecule has 0 saturated carbocycles. The maximum atomic E-state index is 11.3. The van der Waals surface area contributed by atoms with Gasteiger partial charge in [-0.05, 0) is 14.1 Å². The maximum absolute atomic E-state index is 11.3. The topological polar surface area (TPSA) is 57.7 Å². The summed E-state index contributed by atoms with van der Waals surface area (Å²) in [5, 5.41) is 5.77. The number of carbonyl (C=O) groups is 1. The Kier molecular flexibility index (Phi) is 4.73. The summed E-state index contributed by atoms with van der Waals surface area (Å²) in [6.45, 7) is 4.05. The zero-order valence-electron chi connectivity index (χ0n) is 11.5. The number of rotatable bonds is 4. The van der Waals surface area contributed by atoms with E-state index in [0.717, 1.165) is 31.3 Å². The van der Waals surface area contributed by atoms with Gasteiger partial charge in [0, 0.05) is 37.6 Å². The molecule has 6 nitrogen and oxygen atoms in total. The van der Waals surface area contributed by atoms with Crippen molar-refractivity contribution in [1.29, 1.82) is 0 Å². The Morgan fingerprint density at radius 1 is 1.58 bits per heavy atom. The van der Waals surface area contributed by atoms with Crippen LogP contribution >= 0.6 is 11.3 Å². The lowest BCUT2D eigenvalue weighted by molar-refractivity contribution is 0.0595. The summed E-state index contributed by atoms with van der Waals surface area (Å²) >= 11 is 1.43. The van der Waals surface area contributed by atoms with Gasteiger partial charge in [0.05, 0.1) is 7.11 Å². The Labute approximate surface area is 117 Å². The van der Waals surface area contributed by atoms with E-state index in [2.05, 4.69) is 38.9 Å². The zero-order chi connectivity index (χ0) is 13.8. The molecular weight excluding hydrogens is 264 g/mol. The van der Waals surface area contributed by atoms with Crippen molar-refractivity contribution in [3.8, 4) is 0 Å². The van der Waals surface area contributed by atoms with Crippen molar-refractivity contribution in [3.63, 3.8) is 0 Å². The molecule has 0 radical (unpaired) electrons. The molecule has 7 heteroatoms. The second-order valence-electron chi connectivity index (χ2n) is 4.81. The van der Waals surface area contributed by atoms with E-state index < -0.39 is 0 Å². The highest BCUT2D eigenvalue weighted by molar-refractivity contribution is 7.13. The molecule has 0 spiro atoms. The van der Waals surface area contributed by atoms with E-state index in [0.29, 0.717) is 11.7 Å². The van der Waals surface area contributed by atoms with E-state index in [1.165, 1.54) is 18.4 Å². The summed E-state index contributed by atoms with van der Waals surface area (Å²) in [5.74, 6) is -0.390. The van der Waals surface area contributed by atoms with E-state index >= 15 is 0 Å². The Bertz CT molecular complexity index is 437. The number of aromatic nitrogens is 1. The van der Waals surface area contributed by atoms with Crippen LogP contribution in [0, 0.1) is 0 Å². The summed E-state index contributed by atoms with van der Waals surface area (Å²) < 4.78 is 4.64. The largest absolute Gasteiger partial charge is 0.464 e. The summed E-state index contributed by atoms with van der Waals surface area (Å²) in [6, 6.07) is 0.462. The van der Waals surface area contributed by atoms with Crippen LogP contribution in [0.2, 0.25) is 0 Å². The van der Waals surface area contributed by atoms with Crippen molar-refractivity contribution in [2.24, 2.45) is 0 Å². The van der Waals surface area contributed by atoms with Crippen molar-refractivity contribution in [2.45, 2.75) is 6.04 Å². The second-order valence-corrected chi connectivity index (χ2v) is 5.67. The minimum absolute atomic E-state index is 0.365. The molecule has 1 aliphatic heterocycles. The van der Waals surface area contributed by atoms with Crippen molar-refractivity contribution in [1.82, 2.24) is 14.8 Å². The van der Waals surface area contributed by atoms with Crippen LogP contribution in [0.25, 0.3) is 0 Å². The highest BCUT2D eigenvalue weighted by Gasteiger charge is 2.22. The van der Waals surface area contributed by atoms with Crippen LogP contribution in [0.4, 0.5) is 5.13 Å². The monoisotopic (exact) mass is 284 g/mol. The van der Waals surface area contributed by atoms with Gasteiger partial charge in [-0.25, -0.2) is 9.78 Å². The van der Waals surface area contributed by atoms with Gasteiger partial charge in [-0.1, -0.05) is 0 Å². The number of nitrogens with zero attached hydrogens (tertiary/aromatic N) is 3. The fourth-order valence-corrected chi connectivity index (χ4v) is 2.77. The molecule has 1 aromatic heterocycles. The number of thiazole rings is 1. The van der Waals surface area contributed by atoms with Gasteiger partial charge in [0.25, 0.3) is 0 Å². The van der Waals surface area contributed by atoms with Gasteiger partial charge in [0.2, 0.25) is 0 Å². The highest BCUT2D eigenvalue weighted by Crippen LogP contribution is 2.16. The van der Waals surface area contributed by atoms with E-state index in [9.17, 15) is 4.79 Å². The Morgan fingerprint density at radius 2 is 2.37 bits per heavy atom. The first-order valence-corrected chi connectivity index (χ1v) is 7.14. The molecule has 106 valence electrons. The standard InChI is InChI=1S/C12H20N4O2S/c1-15-4-5-16(2)9(7-15)6-13-12-14-10(8-19-12)11(17)18-3/h8-9H,4-7H2,1-3H3,(H,13,14). The first-order chi connectivity index (χ1) is 9.10. The molecule has 0 bridgehead atoms. The van der Waals surface area contributed by atoms with Gasteiger partial charge in [0.15, 0.2) is 10.8 Å². The van der Waals surface area contributed by atoms with Crippen LogP contribution in [0.5, 0.6) is 0 Å². The molecule has 1 saturated heterocycles. The molecule has 1 aliphatic rings. The van der Waals surface area contributed by atoms with Gasteiger partial charge in [0.1, 0.15) is 0 Å². The van der Waals surface area contributed by atoms with E-state index in [4.69, 9.17) is 0 Å². The number of ether oxygens (including phenoxy) is 1. The third kappa shape index (κ3) is 3.65. The van der Waals surface area contributed by atoms with Gasteiger partial charge in [-0.3, -0.25) is 4.90 Å². The number of esters is 1. The lowest BCUT2D eigenvalue weighted by Gasteiger charge is -2.37. The number of hydrogen-bond acceptors (Lipinski definition) is 7. The van der Waals surface area contributed by atoms with Crippen LogP contribution < -0.4 is 5.32 Å². The molecule has 0 amide bonds. The molecule has 1 aromatic rings. The van der Waals surface area contributed by atoms with Crippen LogP contribution in [0.15, 0.2) is 5.38 Å². The minimum Gasteiger partial charge on any atom is -0.464 e. The fourth-order valence-electron chi connectivity index (χ4n) is 2.08. The second kappa shape index (κ2) is 6.31. The Hall–Kier alpha value is -1.18. The van der Waals surface area contributed by atoms with Gasteiger partial charge < -0.3 is 15.0 Å². The summed E-state index contributed by atoms with van der Waals surface area (Å²) in [4.78, 5) is 20.2. The predicted molar refractivity (Wildman–Crippen MR) is 75.9 cm³/mol. The fraction of sp³-hybridized carbons (Fsp3) is 0.667. The molecular formula is C12H20N4O2S. The first-order valence-electron chi connectivity index (χ1n) is 6.26. The number of hydrogen-bond donors (Lipinski definition) is 1. The lowest BCUT2D eigenvalue weighted by Crippen LogP contribution is -2.52. The van der Waals surface area contributed by atoms with Crippen molar-refractivity contribution in [3.05, 3.63) is 11.1 Å².